The molecule has 0 aromatic carbocycles. The number of hydrogen-bond donors (Lipinski definition) is 1. The number of rotatable bonds is 3. The highest BCUT2D eigenvalue weighted by Gasteiger charge is 2.41. The van der Waals surface area contributed by atoms with Crippen molar-refractivity contribution in [3.63, 3.8) is 0 Å². The first kappa shape index (κ1) is 14.0. The van der Waals surface area contributed by atoms with Crippen molar-refractivity contribution in [2.75, 3.05) is 20.2 Å². The van der Waals surface area contributed by atoms with E-state index in [2.05, 4.69) is 17.4 Å². The normalized spacial score (nSPS) is 30.3. The van der Waals surface area contributed by atoms with E-state index in [1.54, 1.807) is 7.11 Å². The number of aromatic nitrogens is 2. The summed E-state index contributed by atoms with van der Waals surface area (Å²) in [4.78, 5) is 4.73. The first-order valence-corrected chi connectivity index (χ1v) is 7.79. The van der Waals surface area contributed by atoms with Gasteiger partial charge in [-0.15, -0.1) is 0 Å². The summed E-state index contributed by atoms with van der Waals surface area (Å²) in [5.74, 6) is 1.52. The maximum Gasteiger partial charge on any atom is 0.233 e. The zero-order chi connectivity index (χ0) is 14.1. The van der Waals surface area contributed by atoms with Gasteiger partial charge in [-0.2, -0.15) is 4.98 Å². The van der Waals surface area contributed by atoms with Gasteiger partial charge in [-0.25, -0.2) is 0 Å². The van der Waals surface area contributed by atoms with E-state index in [-0.39, 0.29) is 11.0 Å². The molecule has 1 saturated carbocycles. The number of hydrogen-bond acceptors (Lipinski definition) is 5. The van der Waals surface area contributed by atoms with E-state index in [0.29, 0.717) is 0 Å². The van der Waals surface area contributed by atoms with Crippen LogP contribution in [0.25, 0.3) is 0 Å². The standard InChI is InChI=1S/C15H25N3O2/c1-14(7-6-10-16-11-14)13-17-12(18-20-13)15(19-2)8-4-3-5-9-15/h16H,3-11H2,1-2H3. The van der Waals surface area contributed by atoms with Crippen molar-refractivity contribution in [3.05, 3.63) is 11.7 Å². The SMILES string of the molecule is COC1(c2noc(C3(C)CCCNC3)n2)CCCCC1. The summed E-state index contributed by atoms with van der Waals surface area (Å²) in [7, 11) is 1.77. The lowest BCUT2D eigenvalue weighted by atomic mass is 9.82. The largest absolute Gasteiger partial charge is 0.370 e. The molecular weight excluding hydrogens is 254 g/mol. The number of nitrogens with one attached hydrogen (secondary N) is 1. The van der Waals surface area contributed by atoms with Crippen molar-refractivity contribution in [2.45, 2.75) is 62.9 Å². The molecule has 0 amide bonds. The van der Waals surface area contributed by atoms with Gasteiger partial charge in [0, 0.05) is 13.7 Å². The van der Waals surface area contributed by atoms with Crippen molar-refractivity contribution < 1.29 is 9.26 Å². The van der Waals surface area contributed by atoms with E-state index in [1.807, 2.05) is 0 Å². The lowest BCUT2D eigenvalue weighted by Crippen LogP contribution is -2.41. The van der Waals surface area contributed by atoms with Gasteiger partial charge in [-0.1, -0.05) is 24.4 Å². The molecule has 3 rings (SSSR count). The molecule has 2 fully saturated rings. The summed E-state index contributed by atoms with van der Waals surface area (Å²) < 4.78 is 11.4. The van der Waals surface area contributed by atoms with Crippen molar-refractivity contribution in [1.82, 2.24) is 15.5 Å². The Hall–Kier alpha value is -0.940. The Bertz CT molecular complexity index is 446. The molecule has 1 atom stereocenters. The molecule has 1 saturated heterocycles. The van der Waals surface area contributed by atoms with Gasteiger partial charge in [0.25, 0.3) is 0 Å². The van der Waals surface area contributed by atoms with Crippen LogP contribution in [-0.4, -0.2) is 30.3 Å². The molecule has 1 aromatic rings. The van der Waals surface area contributed by atoms with Crippen LogP contribution in [0.2, 0.25) is 0 Å². The summed E-state index contributed by atoms with van der Waals surface area (Å²) >= 11 is 0. The lowest BCUT2D eigenvalue weighted by Gasteiger charge is -2.33. The molecule has 1 aliphatic carbocycles. The minimum absolute atomic E-state index is 0.0346. The average Bonchev–Trinajstić information content (AvgIpc) is 3.00. The molecule has 5 heteroatoms. The number of methoxy groups -OCH3 is 1. The van der Waals surface area contributed by atoms with Crippen LogP contribution in [0.1, 0.15) is 63.6 Å². The van der Waals surface area contributed by atoms with Crippen LogP contribution in [0.3, 0.4) is 0 Å². The highest BCUT2D eigenvalue weighted by molar-refractivity contribution is 5.10. The molecule has 1 N–H and O–H groups in total. The maximum absolute atomic E-state index is 5.80. The van der Waals surface area contributed by atoms with Gasteiger partial charge in [0.2, 0.25) is 11.7 Å². The van der Waals surface area contributed by atoms with E-state index >= 15 is 0 Å². The van der Waals surface area contributed by atoms with Crippen LogP contribution in [0.15, 0.2) is 4.52 Å². The summed E-state index contributed by atoms with van der Waals surface area (Å²) in [6.07, 6.45) is 7.88. The summed E-state index contributed by atoms with van der Waals surface area (Å²) in [5, 5.41) is 7.69. The van der Waals surface area contributed by atoms with Crippen LogP contribution in [0, 0.1) is 0 Å². The van der Waals surface area contributed by atoms with Gasteiger partial charge in [-0.3, -0.25) is 0 Å². The van der Waals surface area contributed by atoms with Gasteiger partial charge in [0.1, 0.15) is 5.60 Å². The molecule has 0 spiro atoms. The van der Waals surface area contributed by atoms with Crippen LogP contribution < -0.4 is 5.32 Å². The number of ether oxygens (including phenoxy) is 1. The Morgan fingerprint density at radius 1 is 1.15 bits per heavy atom. The quantitative estimate of drug-likeness (QED) is 0.921. The summed E-state index contributed by atoms with van der Waals surface area (Å²) in [6.45, 7) is 4.20. The Labute approximate surface area is 120 Å². The minimum Gasteiger partial charge on any atom is -0.370 e. The Kier molecular flexibility index (Phi) is 3.82. The van der Waals surface area contributed by atoms with Gasteiger partial charge < -0.3 is 14.6 Å². The van der Waals surface area contributed by atoms with Gasteiger partial charge in [-0.05, 0) is 39.2 Å². The third-order valence-electron chi connectivity index (χ3n) is 5.00. The number of piperidine rings is 1. The second-order valence-corrected chi connectivity index (χ2v) is 6.52. The molecule has 2 heterocycles. The van der Waals surface area contributed by atoms with Crippen LogP contribution in [0.4, 0.5) is 0 Å². The zero-order valence-electron chi connectivity index (χ0n) is 12.6. The smallest absolute Gasteiger partial charge is 0.233 e. The van der Waals surface area contributed by atoms with Crippen molar-refractivity contribution in [1.29, 1.82) is 0 Å². The molecular formula is C15H25N3O2. The first-order valence-electron chi connectivity index (χ1n) is 7.79. The fourth-order valence-electron chi connectivity index (χ4n) is 3.53. The zero-order valence-corrected chi connectivity index (χ0v) is 12.6. The molecule has 112 valence electrons. The summed E-state index contributed by atoms with van der Waals surface area (Å²) in [6, 6.07) is 0. The van der Waals surface area contributed by atoms with E-state index in [1.165, 1.54) is 19.3 Å². The Morgan fingerprint density at radius 3 is 2.60 bits per heavy atom. The highest BCUT2D eigenvalue weighted by Crippen LogP contribution is 2.39. The fourth-order valence-corrected chi connectivity index (χ4v) is 3.53. The van der Waals surface area contributed by atoms with E-state index in [4.69, 9.17) is 14.2 Å². The average molecular weight is 279 g/mol. The van der Waals surface area contributed by atoms with E-state index in [0.717, 1.165) is 50.5 Å². The lowest BCUT2D eigenvalue weighted by molar-refractivity contribution is -0.0527. The predicted molar refractivity (Wildman–Crippen MR) is 75.5 cm³/mol. The van der Waals surface area contributed by atoms with Crippen LogP contribution >= 0.6 is 0 Å². The van der Waals surface area contributed by atoms with Gasteiger partial charge in [0.05, 0.1) is 5.41 Å². The number of nitrogens with zero attached hydrogens (tertiary/aromatic N) is 2. The van der Waals surface area contributed by atoms with Crippen LogP contribution in [0.5, 0.6) is 0 Å². The molecule has 2 aliphatic rings. The monoisotopic (exact) mass is 279 g/mol. The minimum atomic E-state index is -0.321. The van der Waals surface area contributed by atoms with Crippen LogP contribution in [-0.2, 0) is 15.8 Å². The molecule has 1 unspecified atom stereocenters. The predicted octanol–water partition coefficient (Wildman–Crippen LogP) is 2.52. The summed E-state index contributed by atoms with van der Waals surface area (Å²) in [5.41, 5.74) is -0.356. The van der Waals surface area contributed by atoms with Crippen molar-refractivity contribution in [2.24, 2.45) is 0 Å². The fraction of sp³-hybridized carbons (Fsp3) is 0.867. The highest BCUT2D eigenvalue weighted by atomic mass is 16.5. The Balaban J connectivity index is 1.85. The van der Waals surface area contributed by atoms with E-state index in [9.17, 15) is 0 Å². The van der Waals surface area contributed by atoms with E-state index < -0.39 is 0 Å². The Morgan fingerprint density at radius 2 is 1.95 bits per heavy atom. The second kappa shape index (κ2) is 5.45. The molecule has 0 bridgehead atoms. The third-order valence-corrected chi connectivity index (χ3v) is 5.00. The molecule has 5 nitrogen and oxygen atoms in total. The van der Waals surface area contributed by atoms with Gasteiger partial charge >= 0.3 is 0 Å². The van der Waals surface area contributed by atoms with Crippen molar-refractivity contribution in [3.8, 4) is 0 Å². The molecule has 20 heavy (non-hydrogen) atoms. The third kappa shape index (κ3) is 2.37. The maximum atomic E-state index is 5.80. The van der Waals surface area contributed by atoms with Gasteiger partial charge in [0.15, 0.2) is 0 Å². The topological polar surface area (TPSA) is 60.2 Å². The van der Waals surface area contributed by atoms with Crippen molar-refractivity contribution >= 4 is 0 Å². The molecule has 1 aliphatic heterocycles. The first-order chi connectivity index (χ1) is 9.69. The molecule has 0 radical (unpaired) electrons. The molecule has 1 aromatic heterocycles. The second-order valence-electron chi connectivity index (χ2n) is 6.52.